The highest BCUT2D eigenvalue weighted by Crippen LogP contribution is 2.23. The second-order valence-electron chi connectivity index (χ2n) is 4.32. The first-order chi connectivity index (χ1) is 8.56. The zero-order valence-corrected chi connectivity index (χ0v) is 11.4. The van der Waals surface area contributed by atoms with Crippen molar-refractivity contribution < 1.29 is 15.0 Å². The van der Waals surface area contributed by atoms with Crippen molar-refractivity contribution in [3.05, 3.63) is 28.2 Å². The van der Waals surface area contributed by atoms with Crippen molar-refractivity contribution >= 4 is 22.0 Å². The predicted molar refractivity (Wildman–Crippen MR) is 70.7 cm³/mol. The number of rotatable bonds is 2. The van der Waals surface area contributed by atoms with Crippen LogP contribution in [0.15, 0.2) is 22.7 Å². The first-order valence-corrected chi connectivity index (χ1v) is 6.53. The molecule has 2 rings (SSSR count). The van der Waals surface area contributed by atoms with E-state index in [9.17, 15) is 9.90 Å². The molecular formula is C12H15BrN2O3. The molecule has 5 nitrogen and oxygen atoms in total. The van der Waals surface area contributed by atoms with Gasteiger partial charge in [0.1, 0.15) is 5.75 Å². The highest BCUT2D eigenvalue weighted by Gasteiger charge is 2.20. The van der Waals surface area contributed by atoms with E-state index in [0.717, 1.165) is 10.0 Å². The van der Waals surface area contributed by atoms with E-state index in [1.165, 1.54) is 4.90 Å². The molecule has 98 valence electrons. The van der Waals surface area contributed by atoms with E-state index in [-0.39, 0.29) is 5.75 Å². The van der Waals surface area contributed by atoms with E-state index in [1.807, 2.05) is 12.1 Å². The molecule has 0 radical (unpaired) electrons. The van der Waals surface area contributed by atoms with Crippen molar-refractivity contribution in [2.24, 2.45) is 0 Å². The molecule has 1 amide bonds. The van der Waals surface area contributed by atoms with Crippen LogP contribution in [0, 0.1) is 0 Å². The Morgan fingerprint density at radius 1 is 1.28 bits per heavy atom. The van der Waals surface area contributed by atoms with Crippen molar-refractivity contribution in [1.82, 2.24) is 9.80 Å². The minimum atomic E-state index is -0.860. The molecule has 18 heavy (non-hydrogen) atoms. The lowest BCUT2D eigenvalue weighted by atomic mass is 10.2. The third-order valence-corrected chi connectivity index (χ3v) is 3.58. The van der Waals surface area contributed by atoms with Crippen LogP contribution in [-0.4, -0.2) is 52.3 Å². The third kappa shape index (κ3) is 3.14. The van der Waals surface area contributed by atoms with Crippen LogP contribution in [0.1, 0.15) is 5.56 Å². The maximum Gasteiger partial charge on any atom is 0.407 e. The van der Waals surface area contributed by atoms with E-state index in [0.29, 0.717) is 32.7 Å². The summed E-state index contributed by atoms with van der Waals surface area (Å²) in [6.45, 7) is 3.08. The van der Waals surface area contributed by atoms with Gasteiger partial charge in [-0.15, -0.1) is 0 Å². The fourth-order valence-electron chi connectivity index (χ4n) is 2.01. The van der Waals surface area contributed by atoms with E-state index in [2.05, 4.69) is 20.8 Å². The number of benzene rings is 1. The monoisotopic (exact) mass is 314 g/mol. The Kier molecular flexibility index (Phi) is 4.08. The van der Waals surface area contributed by atoms with Crippen LogP contribution in [-0.2, 0) is 6.54 Å². The Balaban J connectivity index is 1.93. The number of amides is 1. The number of nitrogens with zero attached hydrogens (tertiary/aromatic N) is 2. The summed E-state index contributed by atoms with van der Waals surface area (Å²) in [4.78, 5) is 14.3. The fourth-order valence-corrected chi connectivity index (χ4v) is 2.36. The molecule has 1 aromatic rings. The zero-order valence-electron chi connectivity index (χ0n) is 9.84. The van der Waals surface area contributed by atoms with Crippen LogP contribution < -0.4 is 0 Å². The zero-order chi connectivity index (χ0) is 13.1. The minimum Gasteiger partial charge on any atom is -0.508 e. The van der Waals surface area contributed by atoms with Crippen molar-refractivity contribution in [2.45, 2.75) is 6.54 Å². The average Bonchev–Trinajstić information content (AvgIpc) is 2.33. The molecule has 0 atom stereocenters. The molecule has 0 aromatic heterocycles. The summed E-state index contributed by atoms with van der Waals surface area (Å²) >= 11 is 3.30. The number of piperazine rings is 1. The van der Waals surface area contributed by atoms with Gasteiger partial charge >= 0.3 is 6.09 Å². The van der Waals surface area contributed by atoms with E-state index < -0.39 is 6.09 Å². The summed E-state index contributed by atoms with van der Waals surface area (Å²) in [6.07, 6.45) is -0.860. The number of halogens is 1. The molecule has 1 saturated heterocycles. The normalized spacial score (nSPS) is 16.8. The standard InChI is InChI=1S/C12H15BrN2O3/c13-10-2-1-9(11(16)7-10)8-14-3-5-15(6-4-14)12(17)18/h1-2,7,16H,3-6,8H2,(H,17,18). The van der Waals surface area contributed by atoms with Gasteiger partial charge in [-0.1, -0.05) is 22.0 Å². The number of phenols is 1. The lowest BCUT2D eigenvalue weighted by Gasteiger charge is -2.33. The molecule has 1 heterocycles. The average molecular weight is 315 g/mol. The van der Waals surface area contributed by atoms with Gasteiger partial charge in [-0.05, 0) is 12.1 Å². The van der Waals surface area contributed by atoms with Gasteiger partial charge in [0.05, 0.1) is 0 Å². The first-order valence-electron chi connectivity index (χ1n) is 5.74. The number of carboxylic acid groups (broad SMARTS) is 1. The smallest absolute Gasteiger partial charge is 0.407 e. The lowest BCUT2D eigenvalue weighted by molar-refractivity contribution is 0.102. The molecule has 0 spiro atoms. The fraction of sp³-hybridized carbons (Fsp3) is 0.417. The van der Waals surface area contributed by atoms with Crippen molar-refractivity contribution in [3.8, 4) is 5.75 Å². The molecule has 1 aliphatic rings. The number of phenolic OH excluding ortho intramolecular Hbond substituents is 1. The maximum atomic E-state index is 10.8. The summed E-state index contributed by atoms with van der Waals surface area (Å²) in [7, 11) is 0. The molecule has 1 aliphatic heterocycles. The van der Waals surface area contributed by atoms with Gasteiger partial charge in [0.2, 0.25) is 0 Å². The summed E-state index contributed by atoms with van der Waals surface area (Å²) in [6, 6.07) is 5.44. The van der Waals surface area contributed by atoms with Gasteiger partial charge in [0.25, 0.3) is 0 Å². The second-order valence-corrected chi connectivity index (χ2v) is 5.23. The minimum absolute atomic E-state index is 0.269. The lowest BCUT2D eigenvalue weighted by Crippen LogP contribution is -2.47. The maximum absolute atomic E-state index is 10.8. The van der Waals surface area contributed by atoms with Gasteiger partial charge < -0.3 is 15.1 Å². The van der Waals surface area contributed by atoms with Crippen LogP contribution in [0.4, 0.5) is 4.79 Å². The molecule has 2 N–H and O–H groups in total. The Hall–Kier alpha value is -1.27. The Labute approximate surface area is 114 Å². The van der Waals surface area contributed by atoms with Crippen LogP contribution in [0.5, 0.6) is 5.75 Å². The first kappa shape index (κ1) is 13.2. The van der Waals surface area contributed by atoms with Crippen LogP contribution in [0.25, 0.3) is 0 Å². The quantitative estimate of drug-likeness (QED) is 0.875. The largest absolute Gasteiger partial charge is 0.508 e. The highest BCUT2D eigenvalue weighted by molar-refractivity contribution is 9.10. The van der Waals surface area contributed by atoms with Crippen molar-refractivity contribution in [1.29, 1.82) is 0 Å². The molecule has 1 fully saturated rings. The molecule has 6 heteroatoms. The van der Waals surface area contributed by atoms with Gasteiger partial charge in [0, 0.05) is 42.8 Å². The summed E-state index contributed by atoms with van der Waals surface area (Å²) in [5.41, 5.74) is 0.863. The Morgan fingerprint density at radius 2 is 1.94 bits per heavy atom. The van der Waals surface area contributed by atoms with E-state index >= 15 is 0 Å². The number of aromatic hydroxyl groups is 1. The summed E-state index contributed by atoms with van der Waals surface area (Å²) in [5, 5.41) is 18.7. The Bertz CT molecular complexity index is 445. The summed E-state index contributed by atoms with van der Waals surface area (Å²) in [5.74, 6) is 0.269. The van der Waals surface area contributed by atoms with Gasteiger partial charge in [-0.2, -0.15) is 0 Å². The SMILES string of the molecule is O=C(O)N1CCN(Cc2ccc(Br)cc2O)CC1. The molecule has 0 bridgehead atoms. The van der Waals surface area contributed by atoms with Crippen molar-refractivity contribution in [3.63, 3.8) is 0 Å². The molecule has 0 unspecified atom stereocenters. The van der Waals surface area contributed by atoms with Crippen molar-refractivity contribution in [2.75, 3.05) is 26.2 Å². The molecular weight excluding hydrogens is 300 g/mol. The van der Waals surface area contributed by atoms with Gasteiger partial charge in [0.15, 0.2) is 0 Å². The third-order valence-electron chi connectivity index (χ3n) is 3.08. The second kappa shape index (κ2) is 5.58. The number of hydrogen-bond acceptors (Lipinski definition) is 3. The van der Waals surface area contributed by atoms with E-state index in [1.54, 1.807) is 6.07 Å². The Morgan fingerprint density at radius 3 is 2.50 bits per heavy atom. The van der Waals surface area contributed by atoms with Crippen LogP contribution in [0.2, 0.25) is 0 Å². The number of carbonyl (C=O) groups is 1. The van der Waals surface area contributed by atoms with Gasteiger partial charge in [-0.3, -0.25) is 4.90 Å². The van der Waals surface area contributed by atoms with E-state index in [4.69, 9.17) is 5.11 Å². The number of hydrogen-bond donors (Lipinski definition) is 2. The molecule has 0 aliphatic carbocycles. The predicted octanol–water partition coefficient (Wildman–Crippen LogP) is 1.95. The van der Waals surface area contributed by atoms with Crippen LogP contribution >= 0.6 is 15.9 Å². The summed E-state index contributed by atoms with van der Waals surface area (Å²) < 4.78 is 0.847. The molecule has 1 aromatic carbocycles. The highest BCUT2D eigenvalue weighted by atomic mass is 79.9. The topological polar surface area (TPSA) is 64.0 Å². The molecule has 0 saturated carbocycles. The van der Waals surface area contributed by atoms with Crippen LogP contribution in [0.3, 0.4) is 0 Å². The van der Waals surface area contributed by atoms with Gasteiger partial charge in [-0.25, -0.2) is 4.79 Å².